The van der Waals surface area contributed by atoms with Gasteiger partial charge in [-0.25, -0.2) is 8.42 Å². The smallest absolute Gasteiger partial charge is 0.376 e. The highest BCUT2D eigenvalue weighted by Crippen LogP contribution is 2.46. The van der Waals surface area contributed by atoms with Crippen LogP contribution in [0.5, 0.6) is 0 Å². The summed E-state index contributed by atoms with van der Waals surface area (Å²) < 4.78 is 70.5. The van der Waals surface area contributed by atoms with Crippen LogP contribution in [-0.2, 0) is 36.3 Å². The van der Waals surface area contributed by atoms with Gasteiger partial charge in [0, 0.05) is 19.3 Å². The summed E-state index contributed by atoms with van der Waals surface area (Å²) in [5, 5.41) is 12.1. The number of alkyl halides is 3. The summed E-state index contributed by atoms with van der Waals surface area (Å²) in [6.07, 6.45) is -2.71. The number of nitrogens with one attached hydrogen (secondary N) is 1. The molecule has 0 aromatic heterocycles. The number of carbonyl (C=O) groups excluding carboxylic acids is 2. The summed E-state index contributed by atoms with van der Waals surface area (Å²) in [6, 6.07) is 7.99. The number of aliphatic hydroxyl groups is 1. The standard InChI is InChI=1S/C26H27F3N2O6S/c1-24(34,26(27,28)29)16-3-5-17(6-4-16)30-22(32)21-20-10-9-19(38(35,36)18-7-8-18)13-15(20)14-31(21)23(33)25(37-2)11-12-25/h3-6,9-10,13,18,21,34H,7-8,11-12,14H2,1-2H3,(H,30,32). The van der Waals surface area contributed by atoms with Crippen molar-refractivity contribution in [1.29, 1.82) is 0 Å². The van der Waals surface area contributed by atoms with Crippen molar-refractivity contribution in [2.45, 2.75) is 72.7 Å². The van der Waals surface area contributed by atoms with Crippen LogP contribution in [0.1, 0.15) is 55.3 Å². The van der Waals surface area contributed by atoms with Crippen LogP contribution in [0.15, 0.2) is 47.4 Å². The van der Waals surface area contributed by atoms with Crippen molar-refractivity contribution >= 4 is 27.3 Å². The molecular formula is C26H27F3N2O6S. The molecule has 2 aromatic carbocycles. The number of halogens is 3. The van der Waals surface area contributed by atoms with E-state index in [4.69, 9.17) is 4.74 Å². The number of hydrogen-bond acceptors (Lipinski definition) is 6. The second kappa shape index (κ2) is 8.78. The first-order valence-corrected chi connectivity index (χ1v) is 13.7. The molecule has 8 nitrogen and oxygen atoms in total. The van der Waals surface area contributed by atoms with Crippen molar-refractivity contribution in [1.82, 2.24) is 4.90 Å². The molecule has 0 radical (unpaired) electrons. The van der Waals surface area contributed by atoms with E-state index in [1.54, 1.807) is 0 Å². The van der Waals surface area contributed by atoms with Crippen LogP contribution in [0.3, 0.4) is 0 Å². The topological polar surface area (TPSA) is 113 Å². The molecule has 2 aromatic rings. The molecule has 0 spiro atoms. The Kier molecular flexibility index (Phi) is 6.16. The Morgan fingerprint density at radius 3 is 2.26 bits per heavy atom. The zero-order valence-corrected chi connectivity index (χ0v) is 21.5. The van der Waals surface area contributed by atoms with Gasteiger partial charge in [0.2, 0.25) is 0 Å². The van der Waals surface area contributed by atoms with Crippen LogP contribution >= 0.6 is 0 Å². The van der Waals surface area contributed by atoms with Gasteiger partial charge in [0.05, 0.1) is 10.1 Å². The molecule has 0 bridgehead atoms. The van der Waals surface area contributed by atoms with Crippen molar-refractivity contribution in [3.63, 3.8) is 0 Å². The zero-order valence-electron chi connectivity index (χ0n) is 20.7. The van der Waals surface area contributed by atoms with Crippen LogP contribution in [0, 0.1) is 0 Å². The van der Waals surface area contributed by atoms with Gasteiger partial charge in [-0.15, -0.1) is 0 Å². The molecule has 12 heteroatoms. The highest BCUT2D eigenvalue weighted by Gasteiger charge is 2.56. The second-order valence-corrected chi connectivity index (χ2v) is 12.5. The third kappa shape index (κ3) is 4.38. The number of ether oxygens (including phenoxy) is 1. The lowest BCUT2D eigenvalue weighted by Gasteiger charge is -2.28. The number of carbonyl (C=O) groups is 2. The normalized spacial score (nSPS) is 21.9. The molecule has 2 atom stereocenters. The molecule has 5 rings (SSSR count). The van der Waals surface area contributed by atoms with E-state index in [9.17, 15) is 36.3 Å². The van der Waals surface area contributed by atoms with Crippen LogP contribution in [0.4, 0.5) is 18.9 Å². The largest absolute Gasteiger partial charge is 0.421 e. The molecule has 204 valence electrons. The lowest BCUT2D eigenvalue weighted by Crippen LogP contribution is -2.44. The molecule has 38 heavy (non-hydrogen) atoms. The Morgan fingerprint density at radius 1 is 1.11 bits per heavy atom. The lowest BCUT2D eigenvalue weighted by atomic mass is 9.95. The van der Waals surface area contributed by atoms with Crippen LogP contribution in [-0.4, -0.2) is 54.4 Å². The highest BCUT2D eigenvalue weighted by atomic mass is 32.2. The first-order chi connectivity index (χ1) is 17.7. The molecule has 1 aliphatic heterocycles. The zero-order chi connectivity index (χ0) is 27.7. The van der Waals surface area contributed by atoms with E-state index in [1.807, 2.05) is 0 Å². The van der Waals surface area contributed by atoms with E-state index in [0.29, 0.717) is 43.7 Å². The molecule has 2 unspecified atom stereocenters. The predicted octanol–water partition coefficient (Wildman–Crippen LogP) is 3.59. The summed E-state index contributed by atoms with van der Waals surface area (Å²) >= 11 is 0. The first kappa shape index (κ1) is 26.6. The molecule has 2 N–H and O–H groups in total. The second-order valence-electron chi connectivity index (χ2n) is 10.3. The van der Waals surface area contributed by atoms with E-state index >= 15 is 0 Å². The van der Waals surface area contributed by atoms with Crippen LogP contribution in [0.25, 0.3) is 0 Å². The Labute approximate surface area is 217 Å². The average molecular weight is 553 g/mol. The summed E-state index contributed by atoms with van der Waals surface area (Å²) in [4.78, 5) is 28.4. The van der Waals surface area contributed by atoms with Crippen molar-refractivity contribution in [2.24, 2.45) is 0 Å². The van der Waals surface area contributed by atoms with Gasteiger partial charge < -0.3 is 20.1 Å². The van der Waals surface area contributed by atoms with Gasteiger partial charge in [0.15, 0.2) is 15.4 Å². The number of benzene rings is 2. The van der Waals surface area contributed by atoms with Gasteiger partial charge in [-0.1, -0.05) is 18.2 Å². The molecule has 2 fully saturated rings. The number of nitrogens with zero attached hydrogens (tertiary/aromatic N) is 1. The predicted molar refractivity (Wildman–Crippen MR) is 130 cm³/mol. The Bertz CT molecular complexity index is 1400. The number of amides is 2. The molecule has 2 aliphatic carbocycles. The Morgan fingerprint density at radius 2 is 1.74 bits per heavy atom. The number of fused-ring (bicyclic) bond motifs is 1. The molecule has 0 saturated heterocycles. The third-order valence-electron chi connectivity index (χ3n) is 7.61. The summed E-state index contributed by atoms with van der Waals surface area (Å²) in [5.41, 5.74) is -3.34. The van der Waals surface area contributed by atoms with Crippen LogP contribution in [0.2, 0.25) is 0 Å². The fraction of sp³-hybridized carbons (Fsp3) is 0.462. The van der Waals surface area contributed by atoms with Gasteiger partial charge in [-0.2, -0.15) is 13.2 Å². The number of anilines is 1. The minimum Gasteiger partial charge on any atom is -0.376 e. The first-order valence-electron chi connectivity index (χ1n) is 12.1. The summed E-state index contributed by atoms with van der Waals surface area (Å²) in [7, 11) is -2.07. The average Bonchev–Trinajstić information content (AvgIpc) is 3.78. The summed E-state index contributed by atoms with van der Waals surface area (Å²) in [5.74, 6) is -1.00. The number of hydrogen-bond donors (Lipinski definition) is 2. The van der Waals surface area contributed by atoms with Gasteiger partial charge >= 0.3 is 6.18 Å². The SMILES string of the molecule is COC1(C(=O)N2Cc3cc(S(=O)(=O)C4CC4)ccc3C2C(=O)Nc2ccc(C(C)(O)C(F)(F)F)cc2)CC1. The lowest BCUT2D eigenvalue weighted by molar-refractivity contribution is -0.258. The van der Waals surface area contributed by atoms with Gasteiger partial charge in [-0.05, 0) is 73.6 Å². The highest BCUT2D eigenvalue weighted by molar-refractivity contribution is 7.92. The Hall–Kier alpha value is -2.96. The van der Waals surface area contributed by atoms with Crippen molar-refractivity contribution in [3.8, 4) is 0 Å². The maximum absolute atomic E-state index is 13.5. The molecule has 3 aliphatic rings. The monoisotopic (exact) mass is 552 g/mol. The van der Waals surface area contributed by atoms with E-state index in [1.165, 1.54) is 42.3 Å². The third-order valence-corrected chi connectivity index (χ3v) is 9.87. The quantitative estimate of drug-likeness (QED) is 0.543. The summed E-state index contributed by atoms with van der Waals surface area (Å²) in [6.45, 7) is 0.652. The fourth-order valence-electron chi connectivity index (χ4n) is 4.78. The van der Waals surface area contributed by atoms with Crippen LogP contribution < -0.4 is 5.32 Å². The van der Waals surface area contributed by atoms with Gasteiger partial charge in [0.25, 0.3) is 11.8 Å². The maximum Gasteiger partial charge on any atom is 0.421 e. The molecule has 2 amide bonds. The van der Waals surface area contributed by atoms with Gasteiger partial charge in [-0.3, -0.25) is 9.59 Å². The fourth-order valence-corrected chi connectivity index (χ4v) is 6.49. The van der Waals surface area contributed by atoms with E-state index < -0.39 is 50.0 Å². The van der Waals surface area contributed by atoms with E-state index in [0.717, 1.165) is 12.1 Å². The number of rotatable bonds is 7. The number of methoxy groups -OCH3 is 1. The van der Waals surface area contributed by atoms with E-state index in [2.05, 4.69) is 5.32 Å². The Balaban J connectivity index is 1.44. The minimum absolute atomic E-state index is 0.0127. The number of sulfone groups is 1. The van der Waals surface area contributed by atoms with Crippen molar-refractivity contribution < 1.29 is 41.0 Å². The minimum atomic E-state index is -4.89. The molecule has 2 saturated carbocycles. The van der Waals surface area contributed by atoms with Gasteiger partial charge in [0.1, 0.15) is 11.6 Å². The van der Waals surface area contributed by atoms with Crippen molar-refractivity contribution in [2.75, 3.05) is 12.4 Å². The molecule has 1 heterocycles. The molecular weight excluding hydrogens is 525 g/mol. The van der Waals surface area contributed by atoms with Crippen molar-refractivity contribution in [3.05, 3.63) is 59.2 Å². The van der Waals surface area contributed by atoms with E-state index in [-0.39, 0.29) is 23.0 Å². The maximum atomic E-state index is 13.5.